The summed E-state index contributed by atoms with van der Waals surface area (Å²) in [7, 11) is 0. The molecule has 1 heteroatoms. The van der Waals surface area contributed by atoms with E-state index in [1.807, 2.05) is 0 Å². The van der Waals surface area contributed by atoms with Gasteiger partial charge in [0.1, 0.15) is 0 Å². The molecule has 0 bridgehead atoms. The standard InChI is InChI=1S/C26H27N/c1-19-14-16-23-20(2)24(17-15-21-10-6-4-7-11-21)26(3,25(23)18-19)27-22-12-8-5-9-13-22/h4-14,16,18,24,27H,2,15,17H2,1,3H3/t24-,26-/m0/s1. The van der Waals surface area contributed by atoms with Gasteiger partial charge in [0, 0.05) is 11.6 Å². The molecule has 1 aliphatic carbocycles. The number of hydrogen-bond acceptors (Lipinski definition) is 1. The van der Waals surface area contributed by atoms with Crippen LogP contribution >= 0.6 is 0 Å². The summed E-state index contributed by atoms with van der Waals surface area (Å²) in [5.41, 5.74) is 7.62. The third-order valence-corrected chi connectivity index (χ3v) is 5.94. The first-order valence-electron chi connectivity index (χ1n) is 9.75. The summed E-state index contributed by atoms with van der Waals surface area (Å²) in [5, 5.41) is 3.86. The fourth-order valence-corrected chi connectivity index (χ4v) is 4.49. The van der Waals surface area contributed by atoms with Crippen molar-refractivity contribution in [3.05, 3.63) is 108 Å². The Morgan fingerprint density at radius 2 is 1.59 bits per heavy atom. The van der Waals surface area contributed by atoms with Gasteiger partial charge in [-0.3, -0.25) is 0 Å². The molecule has 4 rings (SSSR count). The van der Waals surface area contributed by atoms with E-state index in [2.05, 4.69) is 105 Å². The van der Waals surface area contributed by atoms with Crippen LogP contribution in [0.1, 0.15) is 35.6 Å². The molecule has 0 fully saturated rings. The highest BCUT2D eigenvalue weighted by Crippen LogP contribution is 2.51. The molecule has 0 radical (unpaired) electrons. The molecular formula is C26H27N. The van der Waals surface area contributed by atoms with Gasteiger partial charge in [-0.2, -0.15) is 0 Å². The summed E-state index contributed by atoms with van der Waals surface area (Å²) in [6.07, 6.45) is 2.14. The lowest BCUT2D eigenvalue weighted by Crippen LogP contribution is -2.37. The highest BCUT2D eigenvalue weighted by molar-refractivity contribution is 5.78. The number of hydrogen-bond donors (Lipinski definition) is 1. The highest BCUT2D eigenvalue weighted by Gasteiger charge is 2.45. The zero-order valence-electron chi connectivity index (χ0n) is 16.2. The van der Waals surface area contributed by atoms with E-state index in [4.69, 9.17) is 0 Å². The van der Waals surface area contributed by atoms with Crippen LogP contribution in [0.2, 0.25) is 0 Å². The Morgan fingerprint density at radius 3 is 2.30 bits per heavy atom. The van der Waals surface area contributed by atoms with Crippen LogP contribution in [0.5, 0.6) is 0 Å². The fourth-order valence-electron chi connectivity index (χ4n) is 4.49. The molecule has 0 aromatic heterocycles. The van der Waals surface area contributed by atoms with Crippen molar-refractivity contribution < 1.29 is 0 Å². The zero-order valence-corrected chi connectivity index (χ0v) is 16.2. The average Bonchev–Trinajstić information content (AvgIpc) is 2.88. The molecule has 2 atom stereocenters. The van der Waals surface area contributed by atoms with Crippen molar-refractivity contribution in [3.63, 3.8) is 0 Å². The predicted molar refractivity (Wildman–Crippen MR) is 116 cm³/mol. The summed E-state index contributed by atoms with van der Waals surface area (Å²) in [6, 6.07) is 28.1. The van der Waals surface area contributed by atoms with Gasteiger partial charge >= 0.3 is 0 Å². The molecule has 1 aliphatic rings. The lowest BCUT2D eigenvalue weighted by molar-refractivity contribution is 0.404. The molecular weight excluding hydrogens is 326 g/mol. The molecule has 0 aliphatic heterocycles. The van der Waals surface area contributed by atoms with Crippen LogP contribution in [0.3, 0.4) is 0 Å². The number of aryl methyl sites for hydroxylation is 2. The molecule has 0 spiro atoms. The Bertz CT molecular complexity index is 942. The smallest absolute Gasteiger partial charge is 0.0671 e. The topological polar surface area (TPSA) is 12.0 Å². The van der Waals surface area contributed by atoms with Gasteiger partial charge in [-0.1, -0.05) is 78.9 Å². The van der Waals surface area contributed by atoms with Crippen molar-refractivity contribution in [2.45, 2.75) is 32.2 Å². The quantitative estimate of drug-likeness (QED) is 0.545. The number of rotatable bonds is 5. The fraction of sp³-hybridized carbons (Fsp3) is 0.231. The maximum atomic E-state index is 4.52. The molecule has 0 saturated heterocycles. The highest BCUT2D eigenvalue weighted by atomic mass is 15.0. The summed E-state index contributed by atoms with van der Waals surface area (Å²) >= 11 is 0. The molecule has 3 aromatic carbocycles. The first kappa shape index (κ1) is 17.6. The third kappa shape index (κ3) is 3.30. The van der Waals surface area contributed by atoms with E-state index in [0.29, 0.717) is 5.92 Å². The van der Waals surface area contributed by atoms with Crippen LogP contribution in [-0.4, -0.2) is 0 Å². The van der Waals surface area contributed by atoms with Crippen molar-refractivity contribution in [1.29, 1.82) is 0 Å². The van der Waals surface area contributed by atoms with E-state index in [-0.39, 0.29) is 5.54 Å². The largest absolute Gasteiger partial charge is 0.375 e. The molecule has 0 saturated carbocycles. The number of para-hydroxylation sites is 1. The number of nitrogens with one attached hydrogen (secondary N) is 1. The Morgan fingerprint density at radius 1 is 0.926 bits per heavy atom. The SMILES string of the molecule is C=C1c2ccc(C)cc2[C@@](C)(Nc2ccccc2)[C@H]1CCc1ccccc1. The van der Waals surface area contributed by atoms with Gasteiger partial charge in [-0.15, -0.1) is 0 Å². The molecule has 3 aromatic rings. The summed E-state index contributed by atoms with van der Waals surface area (Å²) in [6.45, 7) is 9.03. The summed E-state index contributed by atoms with van der Waals surface area (Å²) < 4.78 is 0. The Balaban J connectivity index is 1.70. The van der Waals surface area contributed by atoms with E-state index in [0.717, 1.165) is 18.5 Å². The second-order valence-corrected chi connectivity index (χ2v) is 7.84. The van der Waals surface area contributed by atoms with E-state index < -0.39 is 0 Å². The zero-order chi connectivity index (χ0) is 18.9. The van der Waals surface area contributed by atoms with Gasteiger partial charge in [0.2, 0.25) is 0 Å². The second-order valence-electron chi connectivity index (χ2n) is 7.84. The van der Waals surface area contributed by atoms with Crippen LogP contribution in [-0.2, 0) is 12.0 Å². The van der Waals surface area contributed by atoms with E-state index in [1.165, 1.54) is 27.8 Å². The van der Waals surface area contributed by atoms with Gasteiger partial charge in [-0.05, 0) is 61.1 Å². The van der Waals surface area contributed by atoms with Gasteiger partial charge in [0.25, 0.3) is 0 Å². The van der Waals surface area contributed by atoms with Gasteiger partial charge in [0.15, 0.2) is 0 Å². The monoisotopic (exact) mass is 353 g/mol. The van der Waals surface area contributed by atoms with Crippen LogP contribution in [0.4, 0.5) is 5.69 Å². The molecule has 0 unspecified atom stereocenters. The minimum atomic E-state index is -0.158. The van der Waals surface area contributed by atoms with Crippen molar-refractivity contribution >= 4 is 11.3 Å². The molecule has 1 nitrogen and oxygen atoms in total. The normalized spacial score (nSPS) is 21.1. The van der Waals surface area contributed by atoms with Crippen molar-refractivity contribution in [1.82, 2.24) is 0 Å². The van der Waals surface area contributed by atoms with Crippen molar-refractivity contribution in [2.75, 3.05) is 5.32 Å². The van der Waals surface area contributed by atoms with Crippen LogP contribution in [0.25, 0.3) is 5.57 Å². The van der Waals surface area contributed by atoms with Crippen LogP contribution in [0, 0.1) is 12.8 Å². The number of benzene rings is 3. The number of anilines is 1. The Labute approximate surface area is 162 Å². The van der Waals surface area contributed by atoms with Crippen molar-refractivity contribution in [3.8, 4) is 0 Å². The molecule has 1 N–H and O–H groups in total. The predicted octanol–water partition coefficient (Wildman–Crippen LogP) is 6.60. The van der Waals surface area contributed by atoms with Crippen LogP contribution in [0.15, 0.2) is 85.4 Å². The third-order valence-electron chi connectivity index (χ3n) is 5.94. The molecule has 136 valence electrons. The van der Waals surface area contributed by atoms with Crippen molar-refractivity contribution in [2.24, 2.45) is 5.92 Å². The Hall–Kier alpha value is -2.80. The average molecular weight is 354 g/mol. The summed E-state index contributed by atoms with van der Waals surface area (Å²) in [5.74, 6) is 0.356. The van der Waals surface area contributed by atoms with Gasteiger partial charge < -0.3 is 5.32 Å². The minimum absolute atomic E-state index is 0.158. The molecule has 27 heavy (non-hydrogen) atoms. The second kappa shape index (κ2) is 7.08. The molecule has 0 heterocycles. The van der Waals surface area contributed by atoms with Gasteiger partial charge in [-0.25, -0.2) is 0 Å². The van der Waals surface area contributed by atoms with E-state index >= 15 is 0 Å². The lowest BCUT2D eigenvalue weighted by atomic mass is 9.80. The van der Waals surface area contributed by atoms with Crippen LogP contribution < -0.4 is 5.32 Å². The first-order chi connectivity index (χ1) is 13.1. The number of fused-ring (bicyclic) bond motifs is 1. The van der Waals surface area contributed by atoms with E-state index in [9.17, 15) is 0 Å². The van der Waals surface area contributed by atoms with Gasteiger partial charge in [0.05, 0.1) is 5.54 Å². The summed E-state index contributed by atoms with van der Waals surface area (Å²) in [4.78, 5) is 0. The maximum Gasteiger partial charge on any atom is 0.0671 e. The first-order valence-corrected chi connectivity index (χ1v) is 9.75. The molecule has 0 amide bonds. The lowest BCUT2D eigenvalue weighted by Gasteiger charge is -2.35. The maximum absolute atomic E-state index is 4.52. The minimum Gasteiger partial charge on any atom is -0.375 e. The Kier molecular flexibility index (Phi) is 4.61. The van der Waals surface area contributed by atoms with E-state index in [1.54, 1.807) is 0 Å².